The third kappa shape index (κ3) is 2.85. The number of fused-ring (bicyclic) bond motifs is 1. The predicted molar refractivity (Wildman–Crippen MR) is 87.1 cm³/mol. The van der Waals surface area contributed by atoms with Gasteiger partial charge in [0.2, 0.25) is 5.91 Å². The zero-order chi connectivity index (χ0) is 16.6. The molecule has 1 aromatic heterocycles. The Labute approximate surface area is 133 Å². The van der Waals surface area contributed by atoms with Crippen LogP contribution in [0.3, 0.4) is 0 Å². The van der Waals surface area contributed by atoms with E-state index in [-0.39, 0.29) is 11.6 Å². The van der Waals surface area contributed by atoms with Crippen LogP contribution in [-0.4, -0.2) is 22.4 Å². The number of hydrogen-bond donors (Lipinski definition) is 1. The molecule has 0 fully saturated rings. The summed E-state index contributed by atoms with van der Waals surface area (Å²) in [5.74, 6) is 0.620. The fourth-order valence-electron chi connectivity index (χ4n) is 2.73. The fourth-order valence-corrected chi connectivity index (χ4v) is 2.73. The Morgan fingerprint density at radius 1 is 1.39 bits per heavy atom. The van der Waals surface area contributed by atoms with E-state index in [1.807, 2.05) is 18.2 Å². The van der Waals surface area contributed by atoms with Crippen molar-refractivity contribution in [3.8, 4) is 0 Å². The molecule has 0 bridgehead atoms. The number of anilines is 3. The summed E-state index contributed by atoms with van der Waals surface area (Å²) >= 11 is 0. The normalized spacial score (nSPS) is 12.9. The molecule has 1 N–H and O–H groups in total. The van der Waals surface area contributed by atoms with Crippen LogP contribution >= 0.6 is 0 Å². The Morgan fingerprint density at radius 2 is 2.17 bits per heavy atom. The summed E-state index contributed by atoms with van der Waals surface area (Å²) in [6.07, 6.45) is 2.05. The molecule has 7 nitrogen and oxygen atoms in total. The summed E-state index contributed by atoms with van der Waals surface area (Å²) in [7, 11) is 0. The van der Waals surface area contributed by atoms with Crippen molar-refractivity contribution in [3.05, 3.63) is 51.7 Å². The van der Waals surface area contributed by atoms with E-state index in [1.54, 1.807) is 18.7 Å². The molecule has 7 heteroatoms. The topological polar surface area (TPSA) is 88.4 Å². The lowest BCUT2D eigenvalue weighted by molar-refractivity contribution is -0.385. The predicted octanol–water partition coefficient (Wildman–Crippen LogP) is 2.95. The van der Waals surface area contributed by atoms with Gasteiger partial charge in [0.05, 0.1) is 4.92 Å². The van der Waals surface area contributed by atoms with Crippen LogP contribution in [0.5, 0.6) is 0 Å². The highest BCUT2D eigenvalue weighted by Crippen LogP contribution is 2.32. The number of aromatic nitrogens is 1. The van der Waals surface area contributed by atoms with E-state index in [0.717, 1.165) is 23.4 Å². The number of rotatable bonds is 3. The molecule has 0 saturated carbocycles. The lowest BCUT2D eigenvalue weighted by Gasteiger charge is -2.15. The van der Waals surface area contributed by atoms with Gasteiger partial charge in [-0.1, -0.05) is 0 Å². The van der Waals surface area contributed by atoms with Gasteiger partial charge in [0.15, 0.2) is 0 Å². The van der Waals surface area contributed by atoms with Gasteiger partial charge in [-0.2, -0.15) is 0 Å². The second kappa shape index (κ2) is 5.68. The Kier molecular flexibility index (Phi) is 3.69. The summed E-state index contributed by atoms with van der Waals surface area (Å²) in [5, 5.41) is 13.9. The number of carbonyl (C=O) groups is 1. The molecule has 1 aliphatic rings. The maximum Gasteiger partial charge on any atom is 0.287 e. The van der Waals surface area contributed by atoms with Crippen molar-refractivity contribution in [1.82, 2.24) is 4.98 Å². The van der Waals surface area contributed by atoms with Gasteiger partial charge < -0.3 is 10.2 Å². The van der Waals surface area contributed by atoms with Gasteiger partial charge in [-0.25, -0.2) is 4.98 Å². The van der Waals surface area contributed by atoms with E-state index in [9.17, 15) is 14.9 Å². The van der Waals surface area contributed by atoms with Gasteiger partial charge in [-0.15, -0.1) is 0 Å². The summed E-state index contributed by atoms with van der Waals surface area (Å²) in [4.78, 5) is 27.7. The molecular formula is C16H16N4O3. The Morgan fingerprint density at radius 3 is 2.83 bits per heavy atom. The van der Waals surface area contributed by atoms with Crippen LogP contribution in [0.1, 0.15) is 18.1 Å². The fraction of sp³-hybridized carbons (Fsp3) is 0.250. The number of amides is 1. The molecule has 1 aliphatic heterocycles. The standard InChI is InChI=1S/C16H16N4O3/c1-10-7-14(20(22)23)9-17-16(10)18-13-3-4-15-12(8-13)5-6-19(15)11(2)21/h3-4,7-9H,5-6H2,1-2H3,(H,17,18). The molecule has 3 rings (SSSR count). The summed E-state index contributed by atoms with van der Waals surface area (Å²) in [6, 6.07) is 7.26. The van der Waals surface area contributed by atoms with Crippen molar-refractivity contribution in [2.24, 2.45) is 0 Å². The van der Waals surface area contributed by atoms with Crippen molar-refractivity contribution in [3.63, 3.8) is 0 Å². The SMILES string of the molecule is CC(=O)N1CCc2cc(Nc3ncc([N+](=O)[O-])cc3C)ccc21. The number of pyridine rings is 1. The van der Waals surface area contributed by atoms with Gasteiger partial charge in [0.1, 0.15) is 12.0 Å². The monoisotopic (exact) mass is 312 g/mol. The molecule has 1 amide bonds. The number of nitro groups is 1. The van der Waals surface area contributed by atoms with Crippen LogP contribution in [0.15, 0.2) is 30.5 Å². The van der Waals surface area contributed by atoms with Crippen molar-refractivity contribution in [1.29, 1.82) is 0 Å². The molecular weight excluding hydrogens is 296 g/mol. The zero-order valence-corrected chi connectivity index (χ0v) is 12.9. The Balaban J connectivity index is 1.85. The van der Waals surface area contributed by atoms with E-state index in [1.165, 1.54) is 12.3 Å². The maximum atomic E-state index is 11.6. The van der Waals surface area contributed by atoms with Crippen molar-refractivity contribution in [2.45, 2.75) is 20.3 Å². The van der Waals surface area contributed by atoms with Gasteiger partial charge in [-0.05, 0) is 42.7 Å². The van der Waals surface area contributed by atoms with Crippen LogP contribution < -0.4 is 10.2 Å². The number of benzene rings is 1. The lowest BCUT2D eigenvalue weighted by atomic mass is 10.1. The molecule has 118 valence electrons. The Hall–Kier alpha value is -2.96. The van der Waals surface area contributed by atoms with Crippen LogP contribution in [0.25, 0.3) is 0 Å². The first-order valence-corrected chi connectivity index (χ1v) is 7.25. The number of carbonyl (C=O) groups excluding carboxylic acids is 1. The molecule has 0 radical (unpaired) electrons. The van der Waals surface area contributed by atoms with E-state index >= 15 is 0 Å². The van der Waals surface area contributed by atoms with E-state index in [2.05, 4.69) is 10.3 Å². The molecule has 2 aromatic rings. The van der Waals surface area contributed by atoms with Gasteiger partial charge in [0, 0.05) is 30.9 Å². The Bertz CT molecular complexity index is 804. The minimum atomic E-state index is -0.463. The first-order chi connectivity index (χ1) is 11.0. The highest BCUT2D eigenvalue weighted by Gasteiger charge is 2.22. The van der Waals surface area contributed by atoms with Crippen LogP contribution in [0, 0.1) is 17.0 Å². The van der Waals surface area contributed by atoms with E-state index in [0.29, 0.717) is 17.9 Å². The largest absolute Gasteiger partial charge is 0.340 e. The van der Waals surface area contributed by atoms with E-state index < -0.39 is 4.92 Å². The third-order valence-electron chi connectivity index (χ3n) is 3.89. The summed E-state index contributed by atoms with van der Waals surface area (Å²) in [6.45, 7) is 4.03. The smallest absolute Gasteiger partial charge is 0.287 e. The number of nitrogens with zero attached hydrogens (tertiary/aromatic N) is 3. The van der Waals surface area contributed by atoms with Gasteiger partial charge >= 0.3 is 0 Å². The first kappa shape index (κ1) is 15.0. The van der Waals surface area contributed by atoms with Crippen molar-refractivity contribution in [2.75, 3.05) is 16.8 Å². The van der Waals surface area contributed by atoms with E-state index in [4.69, 9.17) is 0 Å². The molecule has 0 spiro atoms. The zero-order valence-electron chi connectivity index (χ0n) is 12.9. The van der Waals surface area contributed by atoms with Crippen LogP contribution in [0.2, 0.25) is 0 Å². The van der Waals surface area contributed by atoms with Crippen LogP contribution in [0.4, 0.5) is 22.9 Å². The highest BCUT2D eigenvalue weighted by atomic mass is 16.6. The third-order valence-corrected chi connectivity index (χ3v) is 3.89. The highest BCUT2D eigenvalue weighted by molar-refractivity contribution is 5.94. The average Bonchev–Trinajstić information content (AvgIpc) is 2.92. The number of nitrogens with one attached hydrogen (secondary N) is 1. The maximum absolute atomic E-state index is 11.6. The molecule has 23 heavy (non-hydrogen) atoms. The molecule has 1 aromatic carbocycles. The molecule has 0 atom stereocenters. The van der Waals surface area contributed by atoms with Crippen molar-refractivity contribution < 1.29 is 9.72 Å². The lowest BCUT2D eigenvalue weighted by Crippen LogP contribution is -2.25. The first-order valence-electron chi connectivity index (χ1n) is 7.25. The second-order valence-corrected chi connectivity index (χ2v) is 5.51. The van der Waals surface area contributed by atoms with Crippen molar-refractivity contribution >= 4 is 28.8 Å². The van der Waals surface area contributed by atoms with Crippen LogP contribution in [-0.2, 0) is 11.2 Å². The quantitative estimate of drug-likeness (QED) is 0.695. The molecule has 0 saturated heterocycles. The minimum absolute atomic E-state index is 0.0286. The average molecular weight is 312 g/mol. The minimum Gasteiger partial charge on any atom is -0.340 e. The summed E-state index contributed by atoms with van der Waals surface area (Å²) in [5.41, 5.74) is 3.56. The van der Waals surface area contributed by atoms with Gasteiger partial charge in [-0.3, -0.25) is 14.9 Å². The second-order valence-electron chi connectivity index (χ2n) is 5.51. The molecule has 0 unspecified atom stereocenters. The summed E-state index contributed by atoms with van der Waals surface area (Å²) < 4.78 is 0. The number of hydrogen-bond acceptors (Lipinski definition) is 5. The van der Waals surface area contributed by atoms with Gasteiger partial charge in [0.25, 0.3) is 5.69 Å². The molecule has 0 aliphatic carbocycles. The molecule has 2 heterocycles. The number of aryl methyl sites for hydroxylation is 1.